The molecule has 0 spiro atoms. The van der Waals surface area contributed by atoms with Crippen LogP contribution in [0.3, 0.4) is 0 Å². The molecule has 88 valence electrons. The van der Waals surface area contributed by atoms with E-state index in [1.165, 1.54) is 15.6 Å². The van der Waals surface area contributed by atoms with Crippen molar-refractivity contribution in [3.8, 4) is 0 Å². The highest BCUT2D eigenvalue weighted by Crippen LogP contribution is 2.36. The Hall–Kier alpha value is -0.170. The predicted octanol–water partition coefficient (Wildman–Crippen LogP) is 2.85. The Labute approximate surface area is 108 Å². The third-order valence-electron chi connectivity index (χ3n) is 2.39. The van der Waals surface area contributed by atoms with E-state index >= 15 is 0 Å². The molecule has 1 heterocycles. The van der Waals surface area contributed by atoms with E-state index < -0.39 is 10.0 Å². The van der Waals surface area contributed by atoms with Crippen LogP contribution in [0.2, 0.25) is 0 Å². The van der Waals surface area contributed by atoms with Crippen molar-refractivity contribution in [1.29, 1.82) is 0 Å². The molecule has 1 aliphatic carbocycles. The van der Waals surface area contributed by atoms with Gasteiger partial charge in [-0.25, -0.2) is 8.42 Å². The molecule has 0 N–H and O–H groups in total. The molecule has 2 rings (SSSR count). The summed E-state index contributed by atoms with van der Waals surface area (Å²) in [6.45, 7) is 4.00. The molecule has 6 heteroatoms. The van der Waals surface area contributed by atoms with Gasteiger partial charge in [-0.15, -0.1) is 17.9 Å². The lowest BCUT2D eigenvalue weighted by Crippen LogP contribution is -2.32. The first kappa shape index (κ1) is 12.3. The molecule has 1 aromatic rings. The van der Waals surface area contributed by atoms with Gasteiger partial charge in [0, 0.05) is 17.1 Å². The van der Waals surface area contributed by atoms with Crippen LogP contribution in [0.15, 0.2) is 32.8 Å². The molecule has 1 aliphatic rings. The monoisotopic (exact) mass is 321 g/mol. The third-order valence-corrected chi connectivity index (χ3v) is 6.96. The Kier molecular flexibility index (Phi) is 3.53. The first-order valence-corrected chi connectivity index (χ1v) is 8.04. The van der Waals surface area contributed by atoms with Crippen molar-refractivity contribution >= 4 is 37.3 Å². The summed E-state index contributed by atoms with van der Waals surface area (Å²) in [4.78, 5) is 0. The van der Waals surface area contributed by atoms with Crippen LogP contribution in [-0.4, -0.2) is 25.3 Å². The second-order valence-corrected chi connectivity index (χ2v) is 7.51. The molecule has 0 aromatic carbocycles. The van der Waals surface area contributed by atoms with E-state index in [-0.39, 0.29) is 6.04 Å². The summed E-state index contributed by atoms with van der Waals surface area (Å²) in [5.41, 5.74) is 0. The molecule has 0 saturated heterocycles. The van der Waals surface area contributed by atoms with Crippen molar-refractivity contribution in [2.75, 3.05) is 6.54 Å². The highest BCUT2D eigenvalue weighted by molar-refractivity contribution is 9.10. The molecule has 0 bridgehead atoms. The third kappa shape index (κ3) is 2.25. The molecule has 3 nitrogen and oxygen atoms in total. The maximum atomic E-state index is 12.3. The maximum absolute atomic E-state index is 12.3. The van der Waals surface area contributed by atoms with E-state index in [0.29, 0.717) is 15.2 Å². The van der Waals surface area contributed by atoms with Gasteiger partial charge in [-0.3, -0.25) is 0 Å². The number of rotatable bonds is 5. The summed E-state index contributed by atoms with van der Waals surface area (Å²) in [6, 6.07) is 1.92. The average molecular weight is 322 g/mol. The number of hydrogen-bond donors (Lipinski definition) is 0. The van der Waals surface area contributed by atoms with Crippen LogP contribution >= 0.6 is 27.3 Å². The quantitative estimate of drug-likeness (QED) is 0.782. The van der Waals surface area contributed by atoms with Gasteiger partial charge >= 0.3 is 0 Å². The summed E-state index contributed by atoms with van der Waals surface area (Å²) in [5.74, 6) is 0. The zero-order chi connectivity index (χ0) is 11.8. The van der Waals surface area contributed by atoms with Gasteiger partial charge in [-0.1, -0.05) is 6.08 Å². The lowest BCUT2D eigenvalue weighted by molar-refractivity contribution is 0.437. The molecule has 1 saturated carbocycles. The van der Waals surface area contributed by atoms with E-state index in [2.05, 4.69) is 22.5 Å². The van der Waals surface area contributed by atoms with E-state index in [0.717, 1.165) is 12.8 Å². The summed E-state index contributed by atoms with van der Waals surface area (Å²) >= 11 is 4.51. The van der Waals surface area contributed by atoms with Crippen LogP contribution in [0.25, 0.3) is 0 Å². The van der Waals surface area contributed by atoms with Crippen molar-refractivity contribution in [3.63, 3.8) is 0 Å². The molecule has 1 aromatic heterocycles. The molecule has 0 atom stereocenters. The highest BCUT2D eigenvalue weighted by atomic mass is 79.9. The molecule has 16 heavy (non-hydrogen) atoms. The number of thiophene rings is 1. The summed E-state index contributed by atoms with van der Waals surface area (Å²) in [5, 5.41) is 1.77. The first-order chi connectivity index (χ1) is 7.57. The van der Waals surface area contributed by atoms with Crippen molar-refractivity contribution in [3.05, 3.63) is 28.6 Å². The number of hydrogen-bond acceptors (Lipinski definition) is 3. The largest absolute Gasteiger partial charge is 0.254 e. The normalized spacial score (nSPS) is 16.6. The van der Waals surface area contributed by atoms with Crippen molar-refractivity contribution in [2.24, 2.45) is 0 Å². The van der Waals surface area contributed by atoms with Crippen LogP contribution in [0.4, 0.5) is 0 Å². The Morgan fingerprint density at radius 1 is 1.62 bits per heavy atom. The lowest BCUT2D eigenvalue weighted by Gasteiger charge is -2.19. The van der Waals surface area contributed by atoms with Gasteiger partial charge in [0.2, 0.25) is 0 Å². The minimum absolute atomic E-state index is 0.164. The molecule has 1 fully saturated rings. The van der Waals surface area contributed by atoms with Gasteiger partial charge in [0.1, 0.15) is 4.21 Å². The van der Waals surface area contributed by atoms with Crippen LogP contribution in [0.1, 0.15) is 12.8 Å². The first-order valence-electron chi connectivity index (χ1n) is 4.93. The van der Waals surface area contributed by atoms with Crippen LogP contribution in [-0.2, 0) is 10.0 Å². The Morgan fingerprint density at radius 2 is 2.31 bits per heavy atom. The molecule has 0 radical (unpaired) electrons. The van der Waals surface area contributed by atoms with Gasteiger partial charge in [0.15, 0.2) is 0 Å². The Balaban J connectivity index is 2.36. The molecule has 0 aliphatic heterocycles. The van der Waals surface area contributed by atoms with Crippen molar-refractivity contribution < 1.29 is 8.42 Å². The van der Waals surface area contributed by atoms with Gasteiger partial charge in [-0.2, -0.15) is 4.31 Å². The summed E-state index contributed by atoms with van der Waals surface area (Å²) in [7, 11) is -3.35. The molecular weight excluding hydrogens is 310 g/mol. The van der Waals surface area contributed by atoms with Gasteiger partial charge in [0.25, 0.3) is 10.0 Å². The summed E-state index contributed by atoms with van der Waals surface area (Å²) < 4.78 is 27.3. The topological polar surface area (TPSA) is 37.4 Å². The second-order valence-electron chi connectivity index (χ2n) is 3.65. The second kappa shape index (κ2) is 4.60. The fourth-order valence-electron chi connectivity index (χ4n) is 1.50. The maximum Gasteiger partial charge on any atom is 0.254 e. The predicted molar refractivity (Wildman–Crippen MR) is 69.1 cm³/mol. The average Bonchev–Trinajstić information content (AvgIpc) is 2.96. The summed E-state index contributed by atoms with van der Waals surface area (Å²) in [6.07, 6.45) is 3.55. The number of sulfonamides is 1. The minimum atomic E-state index is -3.35. The SMILES string of the molecule is C=CCN(C1CC1)S(=O)(=O)c1sccc1Br. The van der Waals surface area contributed by atoms with Crippen LogP contribution < -0.4 is 0 Å². The fourth-order valence-corrected chi connectivity index (χ4v) is 5.59. The Bertz CT molecular complexity index is 491. The minimum Gasteiger partial charge on any atom is -0.206 e. The molecule has 0 amide bonds. The van der Waals surface area contributed by atoms with E-state index in [9.17, 15) is 8.42 Å². The van der Waals surface area contributed by atoms with Gasteiger partial charge in [-0.05, 0) is 40.2 Å². The lowest BCUT2D eigenvalue weighted by atomic mass is 10.6. The number of nitrogens with zero attached hydrogens (tertiary/aromatic N) is 1. The standard InChI is InChI=1S/C10H12BrNO2S2/c1-2-6-12(8-3-4-8)16(13,14)10-9(11)5-7-15-10/h2,5,7-8H,1,3-4,6H2. The van der Waals surface area contributed by atoms with Crippen LogP contribution in [0, 0.1) is 0 Å². The van der Waals surface area contributed by atoms with Gasteiger partial charge < -0.3 is 0 Å². The van der Waals surface area contributed by atoms with Gasteiger partial charge in [0.05, 0.1) is 0 Å². The fraction of sp³-hybridized carbons (Fsp3) is 0.400. The molecule has 0 unspecified atom stereocenters. The smallest absolute Gasteiger partial charge is 0.206 e. The Morgan fingerprint density at radius 3 is 2.75 bits per heavy atom. The number of halogens is 1. The van der Waals surface area contributed by atoms with Crippen LogP contribution in [0.5, 0.6) is 0 Å². The van der Waals surface area contributed by atoms with E-state index in [1.54, 1.807) is 17.5 Å². The van der Waals surface area contributed by atoms with E-state index in [4.69, 9.17) is 0 Å². The van der Waals surface area contributed by atoms with Crippen molar-refractivity contribution in [2.45, 2.75) is 23.1 Å². The van der Waals surface area contributed by atoms with Crippen molar-refractivity contribution in [1.82, 2.24) is 4.31 Å². The van der Waals surface area contributed by atoms with E-state index in [1.807, 2.05) is 0 Å². The molecular formula is C10H12BrNO2S2. The zero-order valence-electron chi connectivity index (χ0n) is 8.60. The zero-order valence-corrected chi connectivity index (χ0v) is 11.8. The highest BCUT2D eigenvalue weighted by Gasteiger charge is 2.38.